The van der Waals surface area contributed by atoms with E-state index in [0.717, 1.165) is 37.2 Å². The molecule has 0 radical (unpaired) electrons. The van der Waals surface area contributed by atoms with Crippen LogP contribution in [0, 0.1) is 11.8 Å². The Morgan fingerprint density at radius 1 is 1.03 bits per heavy atom. The van der Waals surface area contributed by atoms with E-state index in [9.17, 15) is 4.79 Å². The van der Waals surface area contributed by atoms with Gasteiger partial charge >= 0.3 is 5.97 Å². The fraction of sp³-hybridized carbons (Fsp3) is 0.846. The smallest absolute Gasteiger partial charge is 0.323 e. The summed E-state index contributed by atoms with van der Waals surface area (Å²) < 4.78 is 11.1. The minimum Gasteiger partial charge on any atom is -0.462 e. The molecule has 1 aromatic heterocycles. The van der Waals surface area contributed by atoms with Gasteiger partial charge in [0.05, 0.1) is 19.5 Å². The van der Waals surface area contributed by atoms with E-state index in [1.54, 1.807) is 12.5 Å². The van der Waals surface area contributed by atoms with E-state index in [1.807, 2.05) is 0 Å². The lowest BCUT2D eigenvalue weighted by atomic mass is 9.96. The number of unbranched alkanes of at least 4 members (excludes halogenated alkanes) is 2. The zero-order valence-electron chi connectivity index (χ0n) is 21.7. The first kappa shape index (κ1) is 29.6. The summed E-state index contributed by atoms with van der Waals surface area (Å²) in [5.74, 6) is 1.11. The first-order valence-corrected chi connectivity index (χ1v) is 13.2. The van der Waals surface area contributed by atoms with Gasteiger partial charge in [-0.1, -0.05) is 66.2 Å². The molecule has 3 unspecified atom stereocenters. The van der Waals surface area contributed by atoms with Crippen LogP contribution in [0.25, 0.3) is 0 Å². The Hall–Kier alpha value is -1.44. The van der Waals surface area contributed by atoms with Crippen LogP contribution < -0.4 is 5.73 Å². The first-order chi connectivity index (χ1) is 16.0. The van der Waals surface area contributed by atoms with Gasteiger partial charge in [-0.25, -0.2) is 4.98 Å². The van der Waals surface area contributed by atoms with Crippen molar-refractivity contribution in [2.75, 3.05) is 39.5 Å². The third-order valence-electron chi connectivity index (χ3n) is 6.44. The number of hydrogen-bond donors (Lipinski definition) is 2. The topological polar surface area (TPSA) is 93.5 Å². The van der Waals surface area contributed by atoms with Gasteiger partial charge in [0, 0.05) is 37.9 Å². The predicted molar refractivity (Wildman–Crippen MR) is 135 cm³/mol. The maximum absolute atomic E-state index is 12.0. The monoisotopic (exact) mass is 466 g/mol. The van der Waals surface area contributed by atoms with Gasteiger partial charge in [0.2, 0.25) is 0 Å². The summed E-state index contributed by atoms with van der Waals surface area (Å²) in [5, 5.41) is 0. The van der Waals surface area contributed by atoms with Gasteiger partial charge in [-0.2, -0.15) is 0 Å². The predicted octanol–water partition coefficient (Wildman–Crippen LogP) is 4.57. The second-order valence-corrected chi connectivity index (χ2v) is 9.26. The van der Waals surface area contributed by atoms with Crippen molar-refractivity contribution in [1.82, 2.24) is 14.9 Å². The summed E-state index contributed by atoms with van der Waals surface area (Å²) >= 11 is 0. The van der Waals surface area contributed by atoms with Crippen LogP contribution in [-0.4, -0.2) is 66.3 Å². The quantitative estimate of drug-likeness (QED) is 0.204. The molecule has 3 N–H and O–H groups in total. The molecule has 1 aromatic rings. The highest BCUT2D eigenvalue weighted by molar-refractivity contribution is 5.75. The van der Waals surface area contributed by atoms with E-state index in [1.165, 1.54) is 51.4 Å². The lowest BCUT2D eigenvalue weighted by Crippen LogP contribution is -2.37. The highest BCUT2D eigenvalue weighted by Crippen LogP contribution is 2.18. The van der Waals surface area contributed by atoms with E-state index in [-0.39, 0.29) is 6.61 Å². The normalized spacial score (nSPS) is 14.4. The number of nitrogens with one attached hydrogen (secondary N) is 1. The molecule has 0 spiro atoms. The molecular formula is C26H50N4O3. The van der Waals surface area contributed by atoms with Crippen LogP contribution in [0.2, 0.25) is 0 Å². The largest absolute Gasteiger partial charge is 0.462 e. The Labute approximate surface area is 202 Å². The maximum Gasteiger partial charge on any atom is 0.323 e. The molecule has 0 aliphatic rings. The highest BCUT2D eigenvalue weighted by atomic mass is 16.6. The minimum absolute atomic E-state index is 0.234. The van der Waals surface area contributed by atoms with Crippen molar-refractivity contribution in [3.05, 3.63) is 18.2 Å². The van der Waals surface area contributed by atoms with Crippen molar-refractivity contribution in [2.24, 2.45) is 17.6 Å². The second kappa shape index (κ2) is 18.9. The summed E-state index contributed by atoms with van der Waals surface area (Å²) in [6, 6.07) is -0.691. The minimum atomic E-state index is -0.691. The van der Waals surface area contributed by atoms with Crippen molar-refractivity contribution in [1.29, 1.82) is 0 Å². The molecule has 0 aromatic carbocycles. The summed E-state index contributed by atoms with van der Waals surface area (Å²) in [4.78, 5) is 21.5. The Bertz CT molecular complexity index is 564. The van der Waals surface area contributed by atoms with E-state index in [0.29, 0.717) is 19.6 Å². The molecule has 0 aliphatic carbocycles. The summed E-state index contributed by atoms with van der Waals surface area (Å²) in [5.41, 5.74) is 6.73. The van der Waals surface area contributed by atoms with Gasteiger partial charge < -0.3 is 25.1 Å². The number of carbonyl (C=O) groups excluding carboxylic acids is 1. The summed E-state index contributed by atoms with van der Waals surface area (Å²) in [6.07, 6.45) is 13.9. The zero-order valence-corrected chi connectivity index (χ0v) is 21.7. The van der Waals surface area contributed by atoms with Crippen LogP contribution in [0.15, 0.2) is 12.5 Å². The van der Waals surface area contributed by atoms with Crippen LogP contribution in [0.5, 0.6) is 0 Å². The summed E-state index contributed by atoms with van der Waals surface area (Å²) in [7, 11) is 0. The van der Waals surface area contributed by atoms with Crippen molar-refractivity contribution in [2.45, 2.75) is 91.5 Å². The van der Waals surface area contributed by atoms with Crippen LogP contribution in [-0.2, 0) is 20.7 Å². The van der Waals surface area contributed by atoms with Gasteiger partial charge in [0.1, 0.15) is 12.6 Å². The van der Waals surface area contributed by atoms with E-state index < -0.39 is 12.0 Å². The molecular weight excluding hydrogens is 416 g/mol. The Morgan fingerprint density at radius 3 is 2.18 bits per heavy atom. The van der Waals surface area contributed by atoms with Crippen LogP contribution in [0.1, 0.15) is 84.8 Å². The number of H-pyrrole nitrogens is 1. The molecule has 1 rings (SSSR count). The number of ether oxygens (including phenoxy) is 2. The molecule has 0 aliphatic heterocycles. The number of hydrogen-bond acceptors (Lipinski definition) is 6. The van der Waals surface area contributed by atoms with E-state index in [4.69, 9.17) is 15.2 Å². The van der Waals surface area contributed by atoms with Gasteiger partial charge in [-0.3, -0.25) is 4.79 Å². The Balaban J connectivity index is 2.37. The van der Waals surface area contributed by atoms with Crippen LogP contribution in [0.3, 0.4) is 0 Å². The van der Waals surface area contributed by atoms with Gasteiger partial charge in [0.15, 0.2) is 0 Å². The van der Waals surface area contributed by atoms with Crippen molar-refractivity contribution >= 4 is 5.97 Å². The van der Waals surface area contributed by atoms with Crippen molar-refractivity contribution < 1.29 is 14.3 Å². The number of carbonyl (C=O) groups is 1. The zero-order chi connectivity index (χ0) is 24.3. The number of rotatable bonds is 21. The summed E-state index contributed by atoms with van der Waals surface area (Å²) in [6.45, 7) is 13.7. The number of nitrogens with zero attached hydrogens (tertiary/aromatic N) is 2. The molecule has 7 heteroatoms. The molecule has 0 amide bonds. The number of aromatic amines is 1. The van der Waals surface area contributed by atoms with E-state index in [2.05, 4.69) is 42.6 Å². The molecule has 7 nitrogen and oxygen atoms in total. The molecule has 0 fully saturated rings. The third-order valence-corrected chi connectivity index (χ3v) is 6.44. The fourth-order valence-electron chi connectivity index (χ4n) is 4.14. The molecule has 0 saturated carbocycles. The molecule has 0 bridgehead atoms. The van der Waals surface area contributed by atoms with Crippen LogP contribution >= 0.6 is 0 Å². The fourth-order valence-corrected chi connectivity index (χ4v) is 4.14. The lowest BCUT2D eigenvalue weighted by molar-refractivity contribution is -0.146. The average molecular weight is 467 g/mol. The molecule has 1 heterocycles. The van der Waals surface area contributed by atoms with Crippen molar-refractivity contribution in [3.8, 4) is 0 Å². The number of esters is 1. The number of aromatic nitrogens is 2. The molecule has 3 atom stereocenters. The third kappa shape index (κ3) is 13.8. The Kier molecular flexibility index (Phi) is 17.0. The standard InChI is InChI=1S/C26H50N4O3/c1-5-9-11-22(7-3)19-30(20-23(8-4)12-10-6-2)13-14-32-15-16-33-26(31)25(27)17-24-18-28-21-29-24/h18,21-23,25H,5-17,19-20,27H2,1-4H3,(H,28,29). The van der Waals surface area contributed by atoms with Gasteiger partial charge in [-0.05, 0) is 24.7 Å². The molecule has 192 valence electrons. The number of nitrogens with two attached hydrogens (primary N) is 1. The van der Waals surface area contributed by atoms with E-state index >= 15 is 0 Å². The van der Waals surface area contributed by atoms with Crippen molar-refractivity contribution in [3.63, 3.8) is 0 Å². The van der Waals surface area contributed by atoms with Gasteiger partial charge in [-0.15, -0.1) is 0 Å². The SMILES string of the molecule is CCCCC(CC)CN(CCOCCOC(=O)C(N)Cc1cnc[nH]1)CC(CC)CCCC. The molecule has 0 saturated heterocycles. The lowest BCUT2D eigenvalue weighted by Gasteiger charge is -2.30. The first-order valence-electron chi connectivity index (χ1n) is 13.2. The van der Waals surface area contributed by atoms with Crippen LogP contribution in [0.4, 0.5) is 0 Å². The molecule has 33 heavy (non-hydrogen) atoms. The second-order valence-electron chi connectivity index (χ2n) is 9.26. The number of imidazole rings is 1. The Morgan fingerprint density at radius 2 is 1.67 bits per heavy atom. The average Bonchev–Trinajstić information content (AvgIpc) is 3.33. The van der Waals surface area contributed by atoms with Gasteiger partial charge in [0.25, 0.3) is 0 Å². The highest BCUT2D eigenvalue weighted by Gasteiger charge is 2.18. The maximum atomic E-state index is 12.0.